The molecule has 8 heteroatoms. The van der Waals surface area contributed by atoms with Crippen molar-refractivity contribution < 1.29 is 4.79 Å². The zero-order chi connectivity index (χ0) is 22.2. The Morgan fingerprint density at radius 1 is 1.16 bits per heavy atom. The molecule has 2 atom stereocenters. The molecule has 0 aromatic carbocycles. The fourth-order valence-electron chi connectivity index (χ4n) is 4.91. The molecule has 3 aromatic rings. The quantitative estimate of drug-likeness (QED) is 0.641. The highest BCUT2D eigenvalue weighted by molar-refractivity contribution is 5.92. The summed E-state index contributed by atoms with van der Waals surface area (Å²) in [5, 5.41) is 2.61. The predicted molar refractivity (Wildman–Crippen MR) is 124 cm³/mol. The van der Waals surface area contributed by atoms with Crippen molar-refractivity contribution in [3.8, 4) is 0 Å². The third kappa shape index (κ3) is 3.64. The van der Waals surface area contributed by atoms with Gasteiger partial charge in [0.15, 0.2) is 0 Å². The fourth-order valence-corrected chi connectivity index (χ4v) is 4.91. The van der Waals surface area contributed by atoms with Gasteiger partial charge in [-0.05, 0) is 49.1 Å². The first-order chi connectivity index (χ1) is 15.6. The fraction of sp³-hybridized carbons (Fsp3) is 0.417. The molecule has 0 radical (unpaired) electrons. The molecule has 0 spiro atoms. The Kier molecular flexibility index (Phi) is 5.38. The number of nitrogens with zero attached hydrogens (tertiary/aromatic N) is 4. The Bertz CT molecular complexity index is 1210. The molecule has 0 bridgehead atoms. The average Bonchev–Trinajstić information content (AvgIpc) is 2.79. The minimum Gasteiger partial charge on any atom is -0.364 e. The number of rotatable bonds is 5. The van der Waals surface area contributed by atoms with Crippen LogP contribution in [0.4, 0.5) is 5.69 Å². The molecule has 2 aliphatic rings. The standard InChI is InChI=1S/C24H28N6O2/c1-3-16-11-19-20(28-23(16)31)10-15(12-26-19)14-29-8-9-30(22-7-6-21(22)29)17-4-5-18(27-13-17)24(32)25-2/h4-5,10-13,21-22H,3,6-9,14H2,1-2H3,(H,25,32)(H,28,31)/t21-,22-/m1/s1. The van der Waals surface area contributed by atoms with Crippen LogP contribution in [0, 0.1) is 0 Å². The molecule has 5 rings (SSSR count). The van der Waals surface area contributed by atoms with Gasteiger partial charge in [0, 0.05) is 50.5 Å². The third-order valence-corrected chi connectivity index (χ3v) is 6.83. The van der Waals surface area contributed by atoms with Crippen LogP contribution in [0.15, 0.2) is 41.5 Å². The number of carbonyl (C=O) groups excluding carboxylic acids is 1. The minimum absolute atomic E-state index is 0.0253. The number of aromatic amines is 1. The molecule has 2 fully saturated rings. The number of nitrogens with one attached hydrogen (secondary N) is 2. The SMILES string of the molecule is CCc1cc2ncc(CN3CCN(c4ccc(C(=O)NC)nc4)[C@@H]4CC[C@H]43)cc2[nH]c1=O. The van der Waals surface area contributed by atoms with Crippen molar-refractivity contribution in [1.29, 1.82) is 0 Å². The number of hydrogen-bond donors (Lipinski definition) is 2. The van der Waals surface area contributed by atoms with E-state index < -0.39 is 0 Å². The smallest absolute Gasteiger partial charge is 0.269 e. The van der Waals surface area contributed by atoms with Gasteiger partial charge in [0.05, 0.1) is 22.9 Å². The van der Waals surface area contributed by atoms with Gasteiger partial charge < -0.3 is 15.2 Å². The van der Waals surface area contributed by atoms with Crippen molar-refractivity contribution in [3.05, 3.63) is 63.8 Å². The molecule has 2 N–H and O–H groups in total. The van der Waals surface area contributed by atoms with Gasteiger partial charge in [-0.3, -0.25) is 19.5 Å². The maximum absolute atomic E-state index is 12.2. The Morgan fingerprint density at radius 3 is 2.69 bits per heavy atom. The van der Waals surface area contributed by atoms with Crippen LogP contribution in [0.3, 0.4) is 0 Å². The predicted octanol–water partition coefficient (Wildman–Crippen LogP) is 2.09. The summed E-state index contributed by atoms with van der Waals surface area (Å²) in [6.07, 6.45) is 6.77. The zero-order valence-corrected chi connectivity index (χ0v) is 18.5. The molecule has 1 aliphatic heterocycles. The summed E-state index contributed by atoms with van der Waals surface area (Å²) in [5.41, 5.74) is 5.01. The van der Waals surface area contributed by atoms with Crippen molar-refractivity contribution in [2.45, 2.75) is 44.8 Å². The van der Waals surface area contributed by atoms with Gasteiger partial charge in [-0.15, -0.1) is 0 Å². The second-order valence-corrected chi connectivity index (χ2v) is 8.61. The lowest BCUT2D eigenvalue weighted by Gasteiger charge is -2.54. The summed E-state index contributed by atoms with van der Waals surface area (Å²) >= 11 is 0. The summed E-state index contributed by atoms with van der Waals surface area (Å²) in [6.45, 7) is 4.66. The highest BCUT2D eigenvalue weighted by Crippen LogP contribution is 2.37. The van der Waals surface area contributed by atoms with Crippen LogP contribution in [0.2, 0.25) is 0 Å². The largest absolute Gasteiger partial charge is 0.364 e. The van der Waals surface area contributed by atoms with Crippen molar-refractivity contribution in [2.24, 2.45) is 0 Å². The van der Waals surface area contributed by atoms with Crippen LogP contribution in [0.5, 0.6) is 0 Å². The lowest BCUT2D eigenvalue weighted by molar-refractivity contribution is 0.0658. The number of amides is 1. The molecule has 4 heterocycles. The topological polar surface area (TPSA) is 94.2 Å². The van der Waals surface area contributed by atoms with Gasteiger partial charge in [-0.2, -0.15) is 0 Å². The summed E-state index contributed by atoms with van der Waals surface area (Å²) < 4.78 is 0. The molecule has 3 aromatic heterocycles. The summed E-state index contributed by atoms with van der Waals surface area (Å²) in [6, 6.07) is 8.68. The first-order valence-corrected chi connectivity index (χ1v) is 11.3. The number of anilines is 1. The second kappa shape index (κ2) is 8.35. The van der Waals surface area contributed by atoms with Crippen LogP contribution in [0.25, 0.3) is 11.0 Å². The molecule has 166 valence electrons. The van der Waals surface area contributed by atoms with Crippen LogP contribution in [0.1, 0.15) is 41.4 Å². The first-order valence-electron chi connectivity index (χ1n) is 11.3. The summed E-state index contributed by atoms with van der Waals surface area (Å²) in [4.78, 5) is 40.8. The summed E-state index contributed by atoms with van der Waals surface area (Å²) in [7, 11) is 1.61. The molecule has 1 saturated carbocycles. The molecule has 8 nitrogen and oxygen atoms in total. The van der Waals surface area contributed by atoms with E-state index in [-0.39, 0.29) is 11.5 Å². The number of fused-ring (bicyclic) bond motifs is 2. The highest BCUT2D eigenvalue weighted by atomic mass is 16.1. The van der Waals surface area contributed by atoms with Crippen molar-refractivity contribution in [3.63, 3.8) is 0 Å². The number of H-pyrrole nitrogens is 1. The molecule has 1 saturated heterocycles. The lowest BCUT2D eigenvalue weighted by atomic mass is 9.81. The molecule has 32 heavy (non-hydrogen) atoms. The van der Waals surface area contributed by atoms with Crippen molar-refractivity contribution in [2.75, 3.05) is 25.0 Å². The van der Waals surface area contributed by atoms with Gasteiger partial charge in [-0.25, -0.2) is 4.98 Å². The molecule has 0 unspecified atom stereocenters. The Balaban J connectivity index is 1.30. The van der Waals surface area contributed by atoms with E-state index >= 15 is 0 Å². The first kappa shape index (κ1) is 20.6. The number of aryl methyl sites for hydroxylation is 1. The maximum atomic E-state index is 12.2. The highest BCUT2D eigenvalue weighted by Gasteiger charge is 2.42. The zero-order valence-electron chi connectivity index (χ0n) is 18.5. The maximum Gasteiger partial charge on any atom is 0.269 e. The summed E-state index contributed by atoms with van der Waals surface area (Å²) in [5.74, 6) is -0.167. The van der Waals surface area contributed by atoms with Gasteiger partial charge in [0.2, 0.25) is 0 Å². The van der Waals surface area contributed by atoms with E-state index in [1.165, 1.54) is 6.42 Å². The van der Waals surface area contributed by atoms with E-state index in [0.29, 0.717) is 24.2 Å². The average molecular weight is 433 g/mol. The van der Waals surface area contributed by atoms with E-state index in [9.17, 15) is 9.59 Å². The number of aromatic nitrogens is 3. The Labute approximate surface area is 186 Å². The Hall–Kier alpha value is -3.26. The van der Waals surface area contributed by atoms with E-state index in [1.807, 2.05) is 31.5 Å². The van der Waals surface area contributed by atoms with E-state index in [0.717, 1.165) is 53.9 Å². The third-order valence-electron chi connectivity index (χ3n) is 6.83. The van der Waals surface area contributed by atoms with Gasteiger partial charge in [0.25, 0.3) is 11.5 Å². The number of piperazine rings is 1. The normalized spacial score (nSPS) is 20.6. The number of hydrogen-bond acceptors (Lipinski definition) is 6. The van der Waals surface area contributed by atoms with E-state index in [4.69, 9.17) is 0 Å². The molecular formula is C24H28N6O2. The van der Waals surface area contributed by atoms with Crippen LogP contribution in [-0.2, 0) is 13.0 Å². The van der Waals surface area contributed by atoms with Gasteiger partial charge >= 0.3 is 0 Å². The van der Waals surface area contributed by atoms with E-state index in [2.05, 4.69) is 36.1 Å². The Morgan fingerprint density at radius 2 is 2.00 bits per heavy atom. The monoisotopic (exact) mass is 432 g/mol. The van der Waals surface area contributed by atoms with Gasteiger partial charge in [0.1, 0.15) is 5.69 Å². The van der Waals surface area contributed by atoms with Gasteiger partial charge in [-0.1, -0.05) is 6.92 Å². The van der Waals surface area contributed by atoms with E-state index in [1.54, 1.807) is 13.1 Å². The second-order valence-electron chi connectivity index (χ2n) is 8.61. The molecule has 1 amide bonds. The van der Waals surface area contributed by atoms with Crippen LogP contribution in [-0.4, -0.2) is 58.0 Å². The minimum atomic E-state index is -0.167. The lowest BCUT2D eigenvalue weighted by Crippen LogP contribution is -2.64. The van der Waals surface area contributed by atoms with Crippen molar-refractivity contribution >= 4 is 22.6 Å². The number of pyridine rings is 3. The molecule has 1 aliphatic carbocycles. The van der Waals surface area contributed by atoms with Crippen LogP contribution < -0.4 is 15.8 Å². The molecular weight excluding hydrogens is 404 g/mol. The van der Waals surface area contributed by atoms with Crippen LogP contribution >= 0.6 is 0 Å². The van der Waals surface area contributed by atoms with Crippen molar-refractivity contribution in [1.82, 2.24) is 25.2 Å². The number of carbonyl (C=O) groups is 1.